The molecule has 3 aromatic rings. The van der Waals surface area contributed by atoms with Crippen molar-refractivity contribution in [3.8, 4) is 17.2 Å². The lowest BCUT2D eigenvalue weighted by Crippen LogP contribution is -2.36. The summed E-state index contributed by atoms with van der Waals surface area (Å²) in [5, 5.41) is 2.86. The largest absolute Gasteiger partial charge is 0.481 e. The SMILES string of the molecule is Cc1ccc(C)c(OC(C)C(=O)Nc2cccc(Oc3ccc4c(c3)C(=O)N(CC3CCCO3)C4=O)c2)c1. The summed E-state index contributed by atoms with van der Waals surface area (Å²) < 4.78 is 17.5. The van der Waals surface area contributed by atoms with Gasteiger partial charge in [-0.05, 0) is 81.1 Å². The van der Waals surface area contributed by atoms with Crippen molar-refractivity contribution in [2.45, 2.75) is 45.8 Å². The summed E-state index contributed by atoms with van der Waals surface area (Å²) >= 11 is 0. The third-order valence-electron chi connectivity index (χ3n) is 6.71. The second-order valence-corrected chi connectivity index (χ2v) is 9.71. The average molecular weight is 515 g/mol. The van der Waals surface area contributed by atoms with Crippen LogP contribution >= 0.6 is 0 Å². The number of benzene rings is 3. The van der Waals surface area contributed by atoms with Crippen LogP contribution in [0.1, 0.15) is 51.6 Å². The van der Waals surface area contributed by atoms with Crippen LogP contribution < -0.4 is 14.8 Å². The van der Waals surface area contributed by atoms with Gasteiger partial charge in [-0.1, -0.05) is 18.2 Å². The van der Waals surface area contributed by atoms with E-state index in [1.807, 2.05) is 32.0 Å². The van der Waals surface area contributed by atoms with Gasteiger partial charge in [0.05, 0.1) is 23.8 Å². The molecule has 2 atom stereocenters. The predicted molar refractivity (Wildman–Crippen MR) is 142 cm³/mol. The molecule has 0 aliphatic carbocycles. The number of carbonyl (C=O) groups is 3. The van der Waals surface area contributed by atoms with Gasteiger partial charge in [-0.15, -0.1) is 0 Å². The number of ether oxygens (including phenoxy) is 3. The first-order chi connectivity index (χ1) is 18.3. The second-order valence-electron chi connectivity index (χ2n) is 9.71. The fourth-order valence-electron chi connectivity index (χ4n) is 4.59. The topological polar surface area (TPSA) is 94.2 Å². The van der Waals surface area contributed by atoms with Gasteiger partial charge in [0.1, 0.15) is 17.2 Å². The maximum absolute atomic E-state index is 12.9. The van der Waals surface area contributed by atoms with Crippen LogP contribution in [0.3, 0.4) is 0 Å². The van der Waals surface area contributed by atoms with E-state index in [2.05, 4.69) is 5.32 Å². The lowest BCUT2D eigenvalue weighted by molar-refractivity contribution is -0.122. The molecule has 0 aromatic heterocycles. The molecule has 2 heterocycles. The number of fused-ring (bicyclic) bond motifs is 1. The first-order valence-corrected chi connectivity index (χ1v) is 12.7. The maximum Gasteiger partial charge on any atom is 0.265 e. The molecule has 1 N–H and O–H groups in total. The Morgan fingerprint density at radius 3 is 2.61 bits per heavy atom. The lowest BCUT2D eigenvalue weighted by Gasteiger charge is -2.17. The first-order valence-electron chi connectivity index (χ1n) is 12.7. The van der Waals surface area contributed by atoms with E-state index in [1.165, 1.54) is 4.90 Å². The molecule has 196 valence electrons. The molecule has 0 radical (unpaired) electrons. The highest BCUT2D eigenvalue weighted by atomic mass is 16.5. The Kier molecular flexibility index (Phi) is 7.15. The van der Waals surface area contributed by atoms with Crippen LogP contribution in [0.5, 0.6) is 17.2 Å². The summed E-state index contributed by atoms with van der Waals surface area (Å²) in [7, 11) is 0. The van der Waals surface area contributed by atoms with E-state index in [4.69, 9.17) is 14.2 Å². The van der Waals surface area contributed by atoms with E-state index >= 15 is 0 Å². The monoisotopic (exact) mass is 514 g/mol. The number of imide groups is 1. The second kappa shape index (κ2) is 10.7. The number of carbonyl (C=O) groups excluding carboxylic acids is 3. The molecular formula is C30H30N2O6. The lowest BCUT2D eigenvalue weighted by atomic mass is 10.1. The number of aryl methyl sites for hydroxylation is 2. The van der Waals surface area contributed by atoms with Crippen molar-refractivity contribution < 1.29 is 28.6 Å². The zero-order valence-electron chi connectivity index (χ0n) is 21.7. The smallest absolute Gasteiger partial charge is 0.265 e. The number of hydrogen-bond acceptors (Lipinski definition) is 6. The van der Waals surface area contributed by atoms with Gasteiger partial charge in [0.2, 0.25) is 0 Å². The average Bonchev–Trinajstić information content (AvgIpc) is 3.49. The van der Waals surface area contributed by atoms with Gasteiger partial charge in [0.25, 0.3) is 17.7 Å². The van der Waals surface area contributed by atoms with Crippen LogP contribution in [-0.4, -0.2) is 48.0 Å². The van der Waals surface area contributed by atoms with E-state index in [0.29, 0.717) is 40.7 Å². The number of hydrogen-bond donors (Lipinski definition) is 1. The van der Waals surface area contributed by atoms with Crippen LogP contribution in [-0.2, 0) is 9.53 Å². The minimum Gasteiger partial charge on any atom is -0.481 e. The van der Waals surface area contributed by atoms with Crippen molar-refractivity contribution in [1.29, 1.82) is 0 Å². The van der Waals surface area contributed by atoms with Crippen molar-refractivity contribution in [1.82, 2.24) is 4.90 Å². The van der Waals surface area contributed by atoms with Crippen molar-refractivity contribution >= 4 is 23.4 Å². The minimum absolute atomic E-state index is 0.111. The van der Waals surface area contributed by atoms with E-state index in [9.17, 15) is 14.4 Å². The number of rotatable bonds is 8. The molecular weight excluding hydrogens is 484 g/mol. The molecule has 8 heteroatoms. The normalized spacial score (nSPS) is 17.3. The molecule has 3 aromatic carbocycles. The van der Waals surface area contributed by atoms with E-state index < -0.39 is 6.10 Å². The van der Waals surface area contributed by atoms with Crippen molar-refractivity contribution in [3.05, 3.63) is 82.9 Å². The number of nitrogens with one attached hydrogen (secondary N) is 1. The van der Waals surface area contributed by atoms with Crippen LogP contribution in [0.2, 0.25) is 0 Å². The van der Waals surface area contributed by atoms with E-state index in [1.54, 1.807) is 49.4 Å². The van der Waals surface area contributed by atoms with Gasteiger partial charge < -0.3 is 19.5 Å². The number of amides is 3. The molecule has 0 spiro atoms. The summed E-state index contributed by atoms with van der Waals surface area (Å²) in [6.45, 7) is 6.52. The fourth-order valence-corrected chi connectivity index (χ4v) is 4.59. The van der Waals surface area contributed by atoms with Crippen LogP contribution in [0, 0.1) is 13.8 Å². The molecule has 2 aliphatic rings. The highest BCUT2D eigenvalue weighted by molar-refractivity contribution is 6.21. The molecule has 1 fully saturated rings. The van der Waals surface area contributed by atoms with Gasteiger partial charge in [-0.25, -0.2) is 0 Å². The van der Waals surface area contributed by atoms with E-state index in [-0.39, 0.29) is 30.4 Å². The maximum atomic E-state index is 12.9. The Bertz CT molecular complexity index is 1400. The summed E-state index contributed by atoms with van der Waals surface area (Å²) in [4.78, 5) is 39.7. The third-order valence-corrected chi connectivity index (χ3v) is 6.71. The van der Waals surface area contributed by atoms with E-state index in [0.717, 1.165) is 24.0 Å². The summed E-state index contributed by atoms with van der Waals surface area (Å²) in [5.74, 6) is 0.608. The van der Waals surface area contributed by atoms with Gasteiger partial charge in [-0.2, -0.15) is 0 Å². The van der Waals surface area contributed by atoms with Gasteiger partial charge >= 0.3 is 0 Å². The fraction of sp³-hybridized carbons (Fsp3) is 0.300. The molecule has 2 unspecified atom stereocenters. The van der Waals surface area contributed by atoms with Gasteiger partial charge in [0, 0.05) is 18.4 Å². The van der Waals surface area contributed by atoms with Crippen molar-refractivity contribution in [2.75, 3.05) is 18.5 Å². The molecule has 1 saturated heterocycles. The first kappa shape index (κ1) is 25.5. The summed E-state index contributed by atoms with van der Waals surface area (Å²) in [6.07, 6.45) is 0.951. The molecule has 5 rings (SSSR count). The molecule has 2 aliphatic heterocycles. The Morgan fingerprint density at radius 2 is 1.82 bits per heavy atom. The third kappa shape index (κ3) is 5.40. The molecule has 38 heavy (non-hydrogen) atoms. The number of anilines is 1. The summed E-state index contributed by atoms with van der Waals surface area (Å²) in [6, 6.07) is 17.6. The summed E-state index contributed by atoms with van der Waals surface area (Å²) in [5.41, 5.74) is 3.22. The Hall–Kier alpha value is -4.17. The van der Waals surface area contributed by atoms with Crippen LogP contribution in [0.4, 0.5) is 5.69 Å². The highest BCUT2D eigenvalue weighted by Crippen LogP contribution is 2.31. The Labute approximate surface area is 221 Å². The molecule has 3 amide bonds. The van der Waals surface area contributed by atoms with Gasteiger partial charge in [0.15, 0.2) is 6.10 Å². The zero-order chi connectivity index (χ0) is 26.8. The zero-order valence-corrected chi connectivity index (χ0v) is 21.7. The molecule has 0 bridgehead atoms. The Morgan fingerprint density at radius 1 is 1.03 bits per heavy atom. The number of nitrogens with zero attached hydrogens (tertiary/aromatic N) is 1. The van der Waals surface area contributed by atoms with Gasteiger partial charge in [-0.3, -0.25) is 19.3 Å². The van der Waals surface area contributed by atoms with Crippen LogP contribution in [0.15, 0.2) is 60.7 Å². The highest BCUT2D eigenvalue weighted by Gasteiger charge is 2.37. The Balaban J connectivity index is 1.24. The standard InChI is InChI=1S/C30H30N2O6/c1-18-9-10-19(2)27(14-18)37-20(3)28(33)31-21-6-4-7-22(15-21)38-23-11-12-25-26(16-23)30(35)32(29(25)34)17-24-8-5-13-36-24/h4,6-7,9-12,14-16,20,24H,5,8,13,17H2,1-3H3,(H,31,33). The minimum atomic E-state index is -0.710. The predicted octanol–water partition coefficient (Wildman–Crippen LogP) is 5.28. The van der Waals surface area contributed by atoms with Crippen molar-refractivity contribution in [3.63, 3.8) is 0 Å². The molecule has 8 nitrogen and oxygen atoms in total. The quantitative estimate of drug-likeness (QED) is 0.411. The van der Waals surface area contributed by atoms with Crippen LogP contribution in [0.25, 0.3) is 0 Å². The van der Waals surface area contributed by atoms with Crippen molar-refractivity contribution in [2.24, 2.45) is 0 Å². The molecule has 0 saturated carbocycles.